The topological polar surface area (TPSA) is 93.3 Å². The molecule has 0 saturated carbocycles. The lowest BCUT2D eigenvalue weighted by Gasteiger charge is -2.15. The fraction of sp³-hybridized carbons (Fsp3) is 0.267. The number of H-pyrrole nitrogens is 1. The van der Waals surface area contributed by atoms with Crippen molar-refractivity contribution < 1.29 is 19.1 Å². The Morgan fingerprint density at radius 3 is 2.74 bits per heavy atom. The number of benzene rings is 1. The first-order valence-electron chi connectivity index (χ1n) is 6.77. The number of rotatable bonds is 5. The summed E-state index contributed by atoms with van der Waals surface area (Å²) in [4.78, 5) is 24.0. The first-order chi connectivity index (χ1) is 10.9. The van der Waals surface area contributed by atoms with E-state index in [0.29, 0.717) is 16.5 Å². The summed E-state index contributed by atoms with van der Waals surface area (Å²) in [5.74, 6) is -0.733. The second-order valence-corrected chi connectivity index (χ2v) is 5.22. The van der Waals surface area contributed by atoms with Crippen molar-refractivity contribution in [2.45, 2.75) is 20.0 Å². The van der Waals surface area contributed by atoms with Crippen LogP contribution in [-0.2, 0) is 9.53 Å². The van der Waals surface area contributed by atoms with E-state index in [-0.39, 0.29) is 5.69 Å². The normalized spacial score (nSPS) is 11.7. The van der Waals surface area contributed by atoms with Crippen molar-refractivity contribution in [2.75, 3.05) is 12.4 Å². The Bertz CT molecular complexity index is 716. The lowest BCUT2D eigenvalue weighted by atomic mass is 10.2. The van der Waals surface area contributed by atoms with Crippen LogP contribution in [0, 0.1) is 6.92 Å². The van der Waals surface area contributed by atoms with Gasteiger partial charge in [0.1, 0.15) is 11.4 Å². The van der Waals surface area contributed by atoms with Gasteiger partial charge in [0, 0.05) is 17.3 Å². The highest BCUT2D eigenvalue weighted by atomic mass is 35.5. The summed E-state index contributed by atoms with van der Waals surface area (Å²) in [7, 11) is 1.47. The number of amides is 1. The number of nitrogens with zero attached hydrogens (tertiary/aromatic N) is 1. The molecule has 0 spiro atoms. The molecule has 1 aromatic heterocycles. The number of aromatic amines is 1. The lowest BCUT2D eigenvalue weighted by molar-refractivity contribution is -0.123. The molecule has 7 nitrogen and oxygen atoms in total. The van der Waals surface area contributed by atoms with Gasteiger partial charge in [-0.2, -0.15) is 5.10 Å². The summed E-state index contributed by atoms with van der Waals surface area (Å²) in [5, 5.41) is 9.30. The molecular weight excluding hydrogens is 322 g/mol. The molecule has 1 heterocycles. The van der Waals surface area contributed by atoms with Crippen molar-refractivity contribution in [1.82, 2.24) is 10.2 Å². The smallest absolute Gasteiger partial charge is 0.357 e. The highest BCUT2D eigenvalue weighted by Gasteiger charge is 2.21. The minimum atomic E-state index is -0.994. The summed E-state index contributed by atoms with van der Waals surface area (Å²) < 4.78 is 10.2. The van der Waals surface area contributed by atoms with Crippen LogP contribution in [0.25, 0.3) is 0 Å². The number of methoxy groups -OCH3 is 1. The third kappa shape index (κ3) is 4.01. The number of carbonyl (C=O) groups is 2. The number of aryl methyl sites for hydroxylation is 1. The molecule has 23 heavy (non-hydrogen) atoms. The number of carbonyl (C=O) groups excluding carboxylic acids is 2. The van der Waals surface area contributed by atoms with Gasteiger partial charge in [0.25, 0.3) is 5.91 Å². The highest BCUT2D eigenvalue weighted by Crippen LogP contribution is 2.31. The molecule has 0 bridgehead atoms. The summed E-state index contributed by atoms with van der Waals surface area (Å²) in [5.41, 5.74) is 1.40. The third-order valence-electron chi connectivity index (χ3n) is 3.11. The van der Waals surface area contributed by atoms with Crippen LogP contribution in [0.15, 0.2) is 24.4 Å². The van der Waals surface area contributed by atoms with Crippen LogP contribution in [-0.4, -0.2) is 35.3 Å². The van der Waals surface area contributed by atoms with Crippen LogP contribution in [0.1, 0.15) is 23.0 Å². The largest absolute Gasteiger partial charge is 0.495 e. The van der Waals surface area contributed by atoms with Gasteiger partial charge in [-0.05, 0) is 31.5 Å². The summed E-state index contributed by atoms with van der Waals surface area (Å²) in [6.07, 6.45) is 0.425. The van der Waals surface area contributed by atoms with Crippen molar-refractivity contribution in [3.8, 4) is 5.75 Å². The molecule has 0 saturated heterocycles. The Kier molecular flexibility index (Phi) is 5.23. The van der Waals surface area contributed by atoms with Crippen molar-refractivity contribution >= 4 is 29.2 Å². The zero-order valence-corrected chi connectivity index (χ0v) is 13.6. The predicted molar refractivity (Wildman–Crippen MR) is 84.8 cm³/mol. The zero-order chi connectivity index (χ0) is 17.0. The quantitative estimate of drug-likeness (QED) is 0.818. The van der Waals surface area contributed by atoms with E-state index in [4.69, 9.17) is 21.1 Å². The monoisotopic (exact) mass is 337 g/mol. The van der Waals surface area contributed by atoms with Gasteiger partial charge in [0.2, 0.25) is 0 Å². The van der Waals surface area contributed by atoms with E-state index in [1.165, 1.54) is 26.3 Å². The van der Waals surface area contributed by atoms with Crippen LogP contribution < -0.4 is 10.1 Å². The molecular formula is C15H16ClN3O4. The third-order valence-corrected chi connectivity index (χ3v) is 3.52. The second-order valence-electron chi connectivity index (χ2n) is 4.81. The Hall–Kier alpha value is -2.54. The standard InChI is InChI=1S/C15H16ClN3O4/c1-8-6-12(13(22-3)7-10(8)16)18-14(20)9(2)23-15(21)11-4-5-17-19-11/h4-7,9H,1-3H3,(H,17,19)(H,18,20). The fourth-order valence-corrected chi connectivity index (χ4v) is 1.96. The summed E-state index contributed by atoms with van der Waals surface area (Å²) in [6, 6.07) is 4.74. The lowest BCUT2D eigenvalue weighted by Crippen LogP contribution is -2.30. The maximum absolute atomic E-state index is 12.2. The van der Waals surface area contributed by atoms with Gasteiger partial charge in [-0.15, -0.1) is 0 Å². The van der Waals surface area contributed by atoms with Gasteiger partial charge in [0.15, 0.2) is 6.10 Å². The summed E-state index contributed by atoms with van der Waals surface area (Å²) in [6.45, 7) is 3.28. The molecule has 0 fully saturated rings. The molecule has 1 atom stereocenters. The van der Waals surface area contributed by atoms with Crippen molar-refractivity contribution in [3.05, 3.63) is 40.7 Å². The van der Waals surface area contributed by atoms with E-state index in [9.17, 15) is 9.59 Å². The fourth-order valence-electron chi connectivity index (χ4n) is 1.81. The second kappa shape index (κ2) is 7.15. The van der Waals surface area contributed by atoms with E-state index in [1.54, 1.807) is 19.1 Å². The minimum absolute atomic E-state index is 0.171. The van der Waals surface area contributed by atoms with E-state index >= 15 is 0 Å². The molecule has 1 amide bonds. The van der Waals surface area contributed by atoms with E-state index < -0.39 is 18.0 Å². The Morgan fingerprint density at radius 1 is 1.39 bits per heavy atom. The Morgan fingerprint density at radius 2 is 2.13 bits per heavy atom. The molecule has 0 radical (unpaired) electrons. The average molecular weight is 338 g/mol. The summed E-state index contributed by atoms with van der Waals surface area (Å²) >= 11 is 6.02. The van der Waals surface area contributed by atoms with Crippen LogP contribution >= 0.6 is 11.6 Å². The van der Waals surface area contributed by atoms with E-state index in [0.717, 1.165) is 5.56 Å². The number of halogens is 1. The Labute approximate surface area is 137 Å². The molecule has 2 N–H and O–H groups in total. The van der Waals surface area contributed by atoms with E-state index in [2.05, 4.69) is 15.5 Å². The van der Waals surface area contributed by atoms with Crippen molar-refractivity contribution in [1.29, 1.82) is 0 Å². The zero-order valence-electron chi connectivity index (χ0n) is 12.8. The van der Waals surface area contributed by atoms with Gasteiger partial charge in [-0.3, -0.25) is 9.89 Å². The predicted octanol–water partition coefficient (Wildman–Crippen LogP) is 2.56. The van der Waals surface area contributed by atoms with Gasteiger partial charge in [0.05, 0.1) is 12.8 Å². The molecule has 0 aliphatic rings. The van der Waals surface area contributed by atoms with Crippen molar-refractivity contribution in [2.24, 2.45) is 0 Å². The number of esters is 1. The van der Waals surface area contributed by atoms with Gasteiger partial charge in [-0.1, -0.05) is 11.6 Å². The molecule has 2 rings (SSSR count). The molecule has 0 aliphatic heterocycles. The van der Waals surface area contributed by atoms with Gasteiger partial charge < -0.3 is 14.8 Å². The first-order valence-corrected chi connectivity index (χ1v) is 7.15. The van der Waals surface area contributed by atoms with Gasteiger partial charge in [-0.25, -0.2) is 4.79 Å². The molecule has 2 aromatic rings. The molecule has 1 unspecified atom stereocenters. The maximum Gasteiger partial charge on any atom is 0.357 e. The van der Waals surface area contributed by atoms with Crippen LogP contribution in [0.5, 0.6) is 5.75 Å². The molecule has 122 valence electrons. The van der Waals surface area contributed by atoms with Crippen LogP contribution in [0.3, 0.4) is 0 Å². The van der Waals surface area contributed by atoms with Crippen LogP contribution in [0.2, 0.25) is 5.02 Å². The average Bonchev–Trinajstić information content (AvgIpc) is 3.04. The first kappa shape index (κ1) is 16.8. The minimum Gasteiger partial charge on any atom is -0.495 e. The number of nitrogens with one attached hydrogen (secondary N) is 2. The van der Waals surface area contributed by atoms with E-state index in [1.807, 2.05) is 0 Å². The molecule has 1 aromatic carbocycles. The number of hydrogen-bond donors (Lipinski definition) is 2. The van der Waals surface area contributed by atoms with Crippen molar-refractivity contribution in [3.63, 3.8) is 0 Å². The molecule has 8 heteroatoms. The number of aromatic nitrogens is 2. The highest BCUT2D eigenvalue weighted by molar-refractivity contribution is 6.31. The number of hydrogen-bond acceptors (Lipinski definition) is 5. The van der Waals surface area contributed by atoms with Crippen LogP contribution in [0.4, 0.5) is 5.69 Å². The SMILES string of the molecule is COc1cc(Cl)c(C)cc1NC(=O)C(C)OC(=O)c1ccn[nH]1. The van der Waals surface area contributed by atoms with Gasteiger partial charge >= 0.3 is 5.97 Å². The number of anilines is 1. The maximum atomic E-state index is 12.2. The Balaban J connectivity index is 2.06. The molecule has 0 aliphatic carbocycles. The number of ether oxygens (including phenoxy) is 2.